The van der Waals surface area contributed by atoms with E-state index in [4.69, 9.17) is 10.4 Å². The summed E-state index contributed by atoms with van der Waals surface area (Å²) in [5.74, 6) is -0.978. The van der Waals surface area contributed by atoms with E-state index in [0.29, 0.717) is 5.56 Å². The summed E-state index contributed by atoms with van der Waals surface area (Å²) in [5.41, 5.74) is 1.68. The van der Waals surface area contributed by atoms with Gasteiger partial charge < -0.3 is 5.11 Å². The Labute approximate surface area is 76.2 Å². The summed E-state index contributed by atoms with van der Waals surface area (Å²) in [6.07, 6.45) is 0.147. The van der Waals surface area contributed by atoms with Crippen LogP contribution in [0.15, 0.2) is 18.2 Å². The molecule has 0 saturated carbocycles. The number of hydrogen-bond donors (Lipinski definition) is 1. The minimum atomic E-state index is -0.978. The molecular weight excluding hydrogens is 166 g/mol. The van der Waals surface area contributed by atoms with Gasteiger partial charge in [0.25, 0.3) is 0 Å². The lowest BCUT2D eigenvalue weighted by Crippen LogP contribution is -2.03. The molecule has 66 valence electrons. The number of carboxylic acid groups (broad SMARTS) is 1. The van der Waals surface area contributed by atoms with Crippen molar-refractivity contribution < 1.29 is 9.90 Å². The molecule has 1 N–H and O–H groups in total. The number of hydrogen-bond acceptors (Lipinski definition) is 2. The number of rotatable bonds is 2. The molecule has 0 aliphatic rings. The molecule has 3 nitrogen and oxygen atoms in total. The molecule has 0 aromatic heterocycles. The van der Waals surface area contributed by atoms with Gasteiger partial charge in [-0.15, -0.1) is 0 Å². The molecule has 1 aromatic carbocycles. The third kappa shape index (κ3) is 1.85. The summed E-state index contributed by atoms with van der Waals surface area (Å²) in [6, 6.07) is 6.96. The molecule has 0 spiro atoms. The Kier molecular flexibility index (Phi) is 2.65. The van der Waals surface area contributed by atoms with Crippen LogP contribution in [0.3, 0.4) is 0 Å². The Balaban J connectivity index is 3.27. The Morgan fingerprint density at radius 3 is 2.85 bits per heavy atom. The molecule has 0 fully saturated rings. The van der Waals surface area contributed by atoms with E-state index in [2.05, 4.69) is 0 Å². The van der Waals surface area contributed by atoms with Crippen LogP contribution in [0, 0.1) is 18.3 Å². The van der Waals surface area contributed by atoms with E-state index in [1.165, 1.54) is 6.07 Å². The molecule has 0 radical (unpaired) electrons. The number of aromatic carboxylic acids is 1. The molecule has 0 aliphatic heterocycles. The van der Waals surface area contributed by atoms with Gasteiger partial charge in [-0.3, -0.25) is 0 Å². The predicted molar refractivity (Wildman–Crippen MR) is 47.5 cm³/mol. The van der Waals surface area contributed by atoms with Crippen LogP contribution >= 0.6 is 0 Å². The lowest BCUT2D eigenvalue weighted by molar-refractivity contribution is 0.0696. The van der Waals surface area contributed by atoms with Crippen molar-refractivity contribution in [1.29, 1.82) is 5.26 Å². The standard InChI is InChI=1S/C10H9NO2/c1-7-3-2-4-9(10(12)13)8(7)5-6-11/h2-4H,5H2,1H3,(H,12,13). The van der Waals surface area contributed by atoms with Crippen LogP contribution in [0.1, 0.15) is 21.5 Å². The van der Waals surface area contributed by atoms with Crippen LogP contribution in [0.2, 0.25) is 0 Å². The molecule has 0 atom stereocenters. The third-order valence-corrected chi connectivity index (χ3v) is 1.90. The maximum atomic E-state index is 10.7. The van der Waals surface area contributed by atoms with E-state index in [0.717, 1.165) is 5.56 Å². The maximum Gasteiger partial charge on any atom is 0.336 e. The van der Waals surface area contributed by atoms with Crippen molar-refractivity contribution >= 4 is 5.97 Å². The highest BCUT2D eigenvalue weighted by atomic mass is 16.4. The molecule has 0 bridgehead atoms. The van der Waals surface area contributed by atoms with Crippen molar-refractivity contribution in [3.05, 3.63) is 34.9 Å². The lowest BCUT2D eigenvalue weighted by Gasteiger charge is -2.04. The SMILES string of the molecule is Cc1cccc(C(=O)O)c1CC#N. The van der Waals surface area contributed by atoms with Crippen molar-refractivity contribution in [3.63, 3.8) is 0 Å². The fourth-order valence-electron chi connectivity index (χ4n) is 1.22. The minimum Gasteiger partial charge on any atom is -0.478 e. The second kappa shape index (κ2) is 3.72. The monoisotopic (exact) mass is 175 g/mol. The van der Waals surface area contributed by atoms with Gasteiger partial charge in [0.05, 0.1) is 18.1 Å². The molecule has 13 heavy (non-hydrogen) atoms. The first kappa shape index (κ1) is 9.27. The lowest BCUT2D eigenvalue weighted by atomic mass is 10.00. The van der Waals surface area contributed by atoms with Crippen LogP contribution in [-0.2, 0) is 6.42 Å². The van der Waals surface area contributed by atoms with Gasteiger partial charge in [-0.25, -0.2) is 4.79 Å². The Morgan fingerprint density at radius 1 is 1.62 bits per heavy atom. The van der Waals surface area contributed by atoms with Gasteiger partial charge in [0, 0.05) is 0 Å². The zero-order valence-corrected chi connectivity index (χ0v) is 7.24. The fourth-order valence-corrected chi connectivity index (χ4v) is 1.22. The topological polar surface area (TPSA) is 61.1 Å². The van der Waals surface area contributed by atoms with Gasteiger partial charge in [0.1, 0.15) is 0 Å². The van der Waals surface area contributed by atoms with Crippen LogP contribution in [0.5, 0.6) is 0 Å². The summed E-state index contributed by atoms with van der Waals surface area (Å²) in [5, 5.41) is 17.3. The van der Waals surface area contributed by atoms with Crippen molar-refractivity contribution in [1.82, 2.24) is 0 Å². The molecule has 1 aromatic rings. The van der Waals surface area contributed by atoms with Gasteiger partial charge >= 0.3 is 5.97 Å². The zero-order chi connectivity index (χ0) is 9.84. The highest BCUT2D eigenvalue weighted by Crippen LogP contribution is 2.14. The number of aryl methyl sites for hydroxylation is 1. The van der Waals surface area contributed by atoms with Crippen molar-refractivity contribution in [2.45, 2.75) is 13.3 Å². The van der Waals surface area contributed by atoms with Crippen LogP contribution in [0.25, 0.3) is 0 Å². The number of nitriles is 1. The Morgan fingerprint density at radius 2 is 2.31 bits per heavy atom. The average molecular weight is 175 g/mol. The van der Waals surface area contributed by atoms with E-state index in [1.807, 2.05) is 6.07 Å². The summed E-state index contributed by atoms with van der Waals surface area (Å²) in [7, 11) is 0. The summed E-state index contributed by atoms with van der Waals surface area (Å²) in [4.78, 5) is 10.7. The van der Waals surface area contributed by atoms with Crippen LogP contribution in [0.4, 0.5) is 0 Å². The highest BCUT2D eigenvalue weighted by Gasteiger charge is 2.10. The van der Waals surface area contributed by atoms with Crippen molar-refractivity contribution in [2.24, 2.45) is 0 Å². The average Bonchev–Trinajstić information content (AvgIpc) is 2.08. The molecule has 0 heterocycles. The maximum absolute atomic E-state index is 10.7. The van der Waals surface area contributed by atoms with Crippen molar-refractivity contribution in [2.75, 3.05) is 0 Å². The summed E-state index contributed by atoms with van der Waals surface area (Å²) in [6.45, 7) is 1.80. The van der Waals surface area contributed by atoms with E-state index >= 15 is 0 Å². The van der Waals surface area contributed by atoms with Gasteiger partial charge in [-0.2, -0.15) is 5.26 Å². The zero-order valence-electron chi connectivity index (χ0n) is 7.24. The molecule has 3 heteroatoms. The molecule has 0 unspecified atom stereocenters. The number of nitrogens with zero attached hydrogens (tertiary/aromatic N) is 1. The first-order valence-corrected chi connectivity index (χ1v) is 3.85. The van der Waals surface area contributed by atoms with E-state index in [-0.39, 0.29) is 12.0 Å². The largest absolute Gasteiger partial charge is 0.478 e. The second-order valence-electron chi connectivity index (χ2n) is 2.74. The molecule has 1 rings (SSSR count). The first-order valence-electron chi connectivity index (χ1n) is 3.85. The van der Waals surface area contributed by atoms with Crippen molar-refractivity contribution in [3.8, 4) is 6.07 Å². The normalized spacial score (nSPS) is 9.23. The smallest absolute Gasteiger partial charge is 0.336 e. The second-order valence-corrected chi connectivity index (χ2v) is 2.74. The van der Waals surface area contributed by atoms with E-state index < -0.39 is 5.97 Å². The Bertz CT molecular complexity index is 377. The number of benzene rings is 1. The quantitative estimate of drug-likeness (QED) is 0.744. The fraction of sp³-hybridized carbons (Fsp3) is 0.200. The molecule has 0 saturated heterocycles. The summed E-state index contributed by atoms with van der Waals surface area (Å²) >= 11 is 0. The minimum absolute atomic E-state index is 0.147. The molecular formula is C10H9NO2. The predicted octanol–water partition coefficient (Wildman–Crippen LogP) is 1.76. The van der Waals surface area contributed by atoms with Crippen LogP contribution < -0.4 is 0 Å². The highest BCUT2D eigenvalue weighted by molar-refractivity contribution is 5.89. The van der Waals surface area contributed by atoms with Gasteiger partial charge in [0.2, 0.25) is 0 Å². The molecule has 0 amide bonds. The summed E-state index contributed by atoms with van der Waals surface area (Å²) < 4.78 is 0. The van der Waals surface area contributed by atoms with Gasteiger partial charge in [-0.05, 0) is 24.1 Å². The number of carbonyl (C=O) groups is 1. The van der Waals surface area contributed by atoms with Gasteiger partial charge in [-0.1, -0.05) is 12.1 Å². The van der Waals surface area contributed by atoms with Gasteiger partial charge in [0.15, 0.2) is 0 Å². The number of carboxylic acids is 1. The van der Waals surface area contributed by atoms with Crippen LogP contribution in [-0.4, -0.2) is 11.1 Å². The Hall–Kier alpha value is -1.82. The first-order chi connectivity index (χ1) is 6.16. The third-order valence-electron chi connectivity index (χ3n) is 1.90. The van der Waals surface area contributed by atoms with E-state index in [9.17, 15) is 4.79 Å². The van der Waals surface area contributed by atoms with E-state index in [1.54, 1.807) is 19.1 Å². The molecule has 0 aliphatic carbocycles.